The zero-order chi connectivity index (χ0) is 26.5. The second-order valence-electron chi connectivity index (χ2n) is 9.55. The van der Waals surface area contributed by atoms with Gasteiger partial charge in [0.25, 0.3) is 5.91 Å². The maximum absolute atomic E-state index is 13.5. The largest absolute Gasteiger partial charge is 0.418 e. The van der Waals surface area contributed by atoms with Crippen LogP contribution in [-0.4, -0.2) is 57.3 Å². The molecule has 3 aromatic rings. The molecule has 4 rings (SSSR count). The highest BCUT2D eigenvalue weighted by atomic mass is 32.1. The molecule has 0 radical (unpaired) electrons. The van der Waals surface area contributed by atoms with Gasteiger partial charge in [-0.3, -0.25) is 14.8 Å². The number of alkyl halides is 3. The highest BCUT2D eigenvalue weighted by Crippen LogP contribution is 2.47. The third-order valence-electron chi connectivity index (χ3n) is 6.36. The monoisotopic (exact) mass is 522 g/mol. The fourth-order valence-corrected chi connectivity index (χ4v) is 5.86. The number of nitrogens with one attached hydrogen (secondary N) is 1. The van der Waals surface area contributed by atoms with Crippen LogP contribution in [0.25, 0.3) is 11.1 Å². The van der Waals surface area contributed by atoms with Crippen LogP contribution in [0.1, 0.15) is 57.7 Å². The van der Waals surface area contributed by atoms with Crippen LogP contribution in [0.4, 0.5) is 18.2 Å². The number of halogens is 3. The number of aryl methyl sites for hydroxylation is 2. The Hall–Kier alpha value is -2.89. The van der Waals surface area contributed by atoms with E-state index in [1.54, 1.807) is 11.0 Å². The summed E-state index contributed by atoms with van der Waals surface area (Å²) in [5, 5.41) is 28.5. The topological polar surface area (TPSA) is 92.7 Å². The minimum absolute atomic E-state index is 0.173. The minimum Gasteiger partial charge on any atom is -0.379 e. The van der Waals surface area contributed by atoms with E-state index in [2.05, 4.69) is 10.2 Å². The smallest absolute Gasteiger partial charge is 0.379 e. The quantitative estimate of drug-likeness (QED) is 0.434. The third kappa shape index (κ3) is 4.62. The Morgan fingerprint density at radius 1 is 1.22 bits per heavy atom. The summed E-state index contributed by atoms with van der Waals surface area (Å²) in [4.78, 5) is 17.2. The molecule has 0 fully saturated rings. The average molecular weight is 523 g/mol. The summed E-state index contributed by atoms with van der Waals surface area (Å²) in [5.74, 6) is -0.246. The number of anilines is 1. The summed E-state index contributed by atoms with van der Waals surface area (Å²) in [5.41, 5.74) is 3.49. The van der Waals surface area contributed by atoms with Gasteiger partial charge in [-0.15, -0.1) is 11.3 Å². The van der Waals surface area contributed by atoms with Crippen molar-refractivity contribution in [3.8, 4) is 11.1 Å². The molecule has 1 aromatic carbocycles. The van der Waals surface area contributed by atoms with Gasteiger partial charge in [0.15, 0.2) is 6.10 Å². The molecular weight excluding hydrogens is 493 g/mol. The summed E-state index contributed by atoms with van der Waals surface area (Å²) in [7, 11) is 1.50. The van der Waals surface area contributed by atoms with Crippen LogP contribution in [-0.2, 0) is 6.42 Å². The van der Waals surface area contributed by atoms with E-state index in [1.807, 2.05) is 27.7 Å². The lowest BCUT2D eigenvalue weighted by Crippen LogP contribution is -2.54. The predicted molar refractivity (Wildman–Crippen MR) is 132 cm³/mol. The summed E-state index contributed by atoms with van der Waals surface area (Å²) >= 11 is 1.34. The van der Waals surface area contributed by atoms with Gasteiger partial charge in [0.1, 0.15) is 5.00 Å². The first-order chi connectivity index (χ1) is 16.8. The zero-order valence-corrected chi connectivity index (χ0v) is 21.5. The van der Waals surface area contributed by atoms with Crippen molar-refractivity contribution in [1.82, 2.24) is 15.1 Å². The van der Waals surface area contributed by atoms with Crippen LogP contribution in [0.3, 0.4) is 0 Å². The number of carbonyl (C=O) groups is 1. The fraction of sp³-hybridized carbons (Fsp3) is 0.440. The maximum atomic E-state index is 13.5. The van der Waals surface area contributed by atoms with Gasteiger partial charge < -0.3 is 15.1 Å². The number of benzene rings is 1. The highest BCUT2D eigenvalue weighted by Gasteiger charge is 2.41. The molecule has 1 aliphatic rings. The number of hydrogen-bond acceptors (Lipinski definition) is 6. The van der Waals surface area contributed by atoms with Crippen molar-refractivity contribution in [3.63, 3.8) is 0 Å². The van der Waals surface area contributed by atoms with Crippen molar-refractivity contribution in [2.24, 2.45) is 5.92 Å². The highest BCUT2D eigenvalue weighted by molar-refractivity contribution is 7.17. The normalized spacial score (nSPS) is 17.2. The second-order valence-corrected chi connectivity index (χ2v) is 10.6. The number of nitrogens with zero attached hydrogens (tertiary/aromatic N) is 3. The molecule has 11 heteroatoms. The molecule has 7 nitrogen and oxygen atoms in total. The number of fused-ring (bicyclic) bond motifs is 1. The number of aliphatic hydroxyl groups is 2. The van der Waals surface area contributed by atoms with Gasteiger partial charge in [-0.25, -0.2) is 0 Å². The number of carbonyl (C=O) groups excluding carboxylic acids is 1. The Balaban J connectivity index is 1.96. The minimum atomic E-state index is -4.82. The van der Waals surface area contributed by atoms with Crippen molar-refractivity contribution in [1.29, 1.82) is 0 Å². The number of rotatable bonds is 6. The van der Waals surface area contributed by atoms with Crippen LogP contribution in [0, 0.1) is 19.8 Å². The zero-order valence-electron chi connectivity index (χ0n) is 20.6. The molecular formula is C25H29F3N4O3S. The first-order valence-corrected chi connectivity index (χ1v) is 12.4. The molecule has 2 aromatic heterocycles. The van der Waals surface area contributed by atoms with E-state index in [0.29, 0.717) is 34.7 Å². The molecule has 1 amide bonds. The van der Waals surface area contributed by atoms with E-state index >= 15 is 0 Å². The Morgan fingerprint density at radius 2 is 1.92 bits per heavy atom. The lowest BCUT2D eigenvalue weighted by Gasteiger charge is -2.40. The van der Waals surface area contributed by atoms with Gasteiger partial charge >= 0.3 is 6.18 Å². The lowest BCUT2D eigenvalue weighted by atomic mass is 9.94. The Labute approximate surface area is 211 Å². The Bertz CT molecular complexity index is 1260. The summed E-state index contributed by atoms with van der Waals surface area (Å²) in [6.07, 6.45) is -8.24. The number of hydrogen-bond donors (Lipinski definition) is 3. The lowest BCUT2D eigenvalue weighted by molar-refractivity contribution is -0.206. The first kappa shape index (κ1) is 26.2. The fourth-order valence-electron chi connectivity index (χ4n) is 4.51. The number of H-pyrrole nitrogens is 1. The molecule has 3 heterocycles. The van der Waals surface area contributed by atoms with Crippen molar-refractivity contribution in [2.45, 2.75) is 52.7 Å². The van der Waals surface area contributed by atoms with Gasteiger partial charge in [-0.1, -0.05) is 32.0 Å². The van der Waals surface area contributed by atoms with Gasteiger partial charge in [0.05, 0.1) is 11.3 Å². The average Bonchev–Trinajstić information content (AvgIpc) is 3.34. The molecule has 0 saturated carbocycles. The SMILES string of the molecule is Cc1n[nH]c(C)c1Cc1sc2c(c1-c1cccc(C(O)C(F)(F)F)c1)C(=O)N(C)C(O)N2CC(C)C. The van der Waals surface area contributed by atoms with Crippen LogP contribution in [0.2, 0.25) is 0 Å². The number of aromatic amines is 1. The molecule has 36 heavy (non-hydrogen) atoms. The van der Waals surface area contributed by atoms with Crippen molar-refractivity contribution >= 4 is 22.2 Å². The van der Waals surface area contributed by atoms with Gasteiger partial charge in [0, 0.05) is 41.7 Å². The summed E-state index contributed by atoms with van der Waals surface area (Å²) in [6.45, 7) is 8.22. The number of aliphatic hydroxyl groups excluding tert-OH is 2. The molecule has 0 spiro atoms. The van der Waals surface area contributed by atoms with E-state index < -0.39 is 24.5 Å². The van der Waals surface area contributed by atoms with Crippen LogP contribution in [0.15, 0.2) is 24.3 Å². The van der Waals surface area contributed by atoms with E-state index in [-0.39, 0.29) is 11.5 Å². The van der Waals surface area contributed by atoms with Crippen LogP contribution < -0.4 is 4.90 Å². The molecule has 0 saturated heterocycles. The van der Waals surface area contributed by atoms with Gasteiger partial charge in [0.2, 0.25) is 6.35 Å². The first-order valence-electron chi connectivity index (χ1n) is 11.5. The third-order valence-corrected chi connectivity index (χ3v) is 7.59. The Kier molecular flexibility index (Phi) is 6.93. The Morgan fingerprint density at radius 3 is 2.50 bits per heavy atom. The van der Waals surface area contributed by atoms with Crippen LogP contribution >= 0.6 is 11.3 Å². The molecule has 0 aliphatic carbocycles. The molecule has 2 atom stereocenters. The molecule has 3 N–H and O–H groups in total. The van der Waals surface area contributed by atoms with E-state index in [1.165, 1.54) is 41.5 Å². The number of aromatic nitrogens is 2. The van der Waals surface area contributed by atoms with Gasteiger partial charge in [-0.05, 0) is 37.0 Å². The summed E-state index contributed by atoms with van der Waals surface area (Å²) in [6, 6.07) is 5.58. The van der Waals surface area contributed by atoms with E-state index in [0.717, 1.165) is 21.8 Å². The van der Waals surface area contributed by atoms with E-state index in [9.17, 15) is 28.2 Å². The van der Waals surface area contributed by atoms with Gasteiger partial charge in [-0.2, -0.15) is 18.3 Å². The number of amides is 1. The van der Waals surface area contributed by atoms with E-state index in [4.69, 9.17) is 0 Å². The molecule has 1 aliphatic heterocycles. The predicted octanol–water partition coefficient (Wildman–Crippen LogP) is 4.77. The molecule has 0 bridgehead atoms. The standard InChI is InChI=1S/C25H29F3N4O3S/c1-12(2)11-32-23-20(22(34)31(5)24(32)35)19(18(36-23)10-17-13(3)29-30-14(17)4)15-7-6-8-16(9-15)21(33)25(26,27)28/h6-9,12,21,24,33,35H,10-11H2,1-5H3,(H,29,30). The molecule has 2 unspecified atom stereocenters. The van der Waals surface area contributed by atoms with Crippen LogP contribution in [0.5, 0.6) is 0 Å². The summed E-state index contributed by atoms with van der Waals surface area (Å²) < 4.78 is 39.8. The van der Waals surface area contributed by atoms with Crippen molar-refractivity contribution in [2.75, 3.05) is 18.5 Å². The number of thiophene rings is 1. The molecule has 194 valence electrons. The van der Waals surface area contributed by atoms with Crippen molar-refractivity contribution < 1.29 is 28.2 Å². The maximum Gasteiger partial charge on any atom is 0.418 e. The van der Waals surface area contributed by atoms with Crippen molar-refractivity contribution in [3.05, 3.63) is 57.2 Å². The second kappa shape index (κ2) is 9.53.